The Labute approximate surface area is 103 Å². The number of aliphatic hydroxyl groups excluding tert-OH is 1. The Balaban J connectivity index is 2.42. The van der Waals surface area contributed by atoms with E-state index in [0.717, 1.165) is 18.5 Å². The molecule has 0 amide bonds. The third-order valence-corrected chi connectivity index (χ3v) is 2.86. The molecule has 0 spiro atoms. The second kappa shape index (κ2) is 6.72. The van der Waals surface area contributed by atoms with Crippen LogP contribution in [0.25, 0.3) is 0 Å². The Bertz CT molecular complexity index is 341. The number of rotatable bonds is 6. The van der Waals surface area contributed by atoms with Crippen LogP contribution in [0.3, 0.4) is 0 Å². The molecule has 3 unspecified atom stereocenters. The molecular formula is C14H22FNO. The second-order valence-electron chi connectivity index (χ2n) is 4.87. The van der Waals surface area contributed by atoms with Crippen LogP contribution in [-0.4, -0.2) is 17.8 Å². The van der Waals surface area contributed by atoms with Gasteiger partial charge in [-0.15, -0.1) is 0 Å². The van der Waals surface area contributed by atoms with E-state index in [-0.39, 0.29) is 18.0 Å². The van der Waals surface area contributed by atoms with Crippen molar-refractivity contribution in [1.82, 2.24) is 5.32 Å². The fourth-order valence-corrected chi connectivity index (χ4v) is 1.94. The van der Waals surface area contributed by atoms with Crippen molar-refractivity contribution in [3.05, 3.63) is 35.6 Å². The molecule has 0 saturated heterocycles. The zero-order chi connectivity index (χ0) is 12.8. The van der Waals surface area contributed by atoms with Crippen molar-refractivity contribution in [1.29, 1.82) is 0 Å². The molecule has 0 bridgehead atoms. The topological polar surface area (TPSA) is 32.3 Å². The molecule has 3 atom stereocenters. The maximum Gasteiger partial charge on any atom is 0.123 e. The molecule has 1 aromatic carbocycles. The van der Waals surface area contributed by atoms with E-state index in [0.29, 0.717) is 5.92 Å². The molecule has 1 aromatic rings. The standard InChI is InChI=1S/C14H22FNO/c1-10(7-11(2)17)9-16-12(3)13-5-4-6-14(15)8-13/h4-6,8,10-12,16-17H,7,9H2,1-3H3. The number of halogens is 1. The quantitative estimate of drug-likeness (QED) is 0.800. The van der Waals surface area contributed by atoms with E-state index in [1.165, 1.54) is 6.07 Å². The summed E-state index contributed by atoms with van der Waals surface area (Å²) in [5.74, 6) is 0.208. The molecule has 1 rings (SSSR count). The minimum Gasteiger partial charge on any atom is -0.393 e. The normalized spacial score (nSPS) is 16.5. The summed E-state index contributed by atoms with van der Waals surface area (Å²) in [6.45, 7) is 6.73. The first-order valence-corrected chi connectivity index (χ1v) is 6.16. The molecule has 0 aromatic heterocycles. The molecule has 0 aliphatic carbocycles. The van der Waals surface area contributed by atoms with Crippen LogP contribution in [0.2, 0.25) is 0 Å². The third kappa shape index (κ3) is 5.29. The van der Waals surface area contributed by atoms with Crippen molar-refractivity contribution in [2.75, 3.05) is 6.54 Å². The summed E-state index contributed by atoms with van der Waals surface area (Å²) in [5, 5.41) is 12.6. The Morgan fingerprint density at radius 1 is 1.29 bits per heavy atom. The highest BCUT2D eigenvalue weighted by molar-refractivity contribution is 5.19. The van der Waals surface area contributed by atoms with E-state index >= 15 is 0 Å². The first-order valence-electron chi connectivity index (χ1n) is 6.16. The van der Waals surface area contributed by atoms with Gasteiger partial charge in [0.1, 0.15) is 5.82 Å². The van der Waals surface area contributed by atoms with Gasteiger partial charge in [-0.3, -0.25) is 0 Å². The monoisotopic (exact) mass is 239 g/mol. The average Bonchev–Trinajstić information content (AvgIpc) is 2.25. The van der Waals surface area contributed by atoms with Gasteiger partial charge >= 0.3 is 0 Å². The second-order valence-corrected chi connectivity index (χ2v) is 4.87. The van der Waals surface area contributed by atoms with Crippen LogP contribution in [0.4, 0.5) is 4.39 Å². The number of aliphatic hydroxyl groups is 1. The van der Waals surface area contributed by atoms with Gasteiger partial charge in [-0.25, -0.2) is 4.39 Å². The van der Waals surface area contributed by atoms with E-state index in [4.69, 9.17) is 0 Å². The number of hydrogen-bond donors (Lipinski definition) is 2. The van der Waals surface area contributed by atoms with Gasteiger partial charge in [-0.05, 0) is 50.4 Å². The average molecular weight is 239 g/mol. The number of nitrogens with one attached hydrogen (secondary N) is 1. The van der Waals surface area contributed by atoms with Gasteiger partial charge in [0.25, 0.3) is 0 Å². The highest BCUT2D eigenvalue weighted by Gasteiger charge is 2.09. The maximum atomic E-state index is 13.0. The minimum atomic E-state index is -0.267. The first kappa shape index (κ1) is 14.1. The summed E-state index contributed by atoms with van der Waals surface area (Å²) in [4.78, 5) is 0. The van der Waals surface area contributed by atoms with Crippen molar-refractivity contribution < 1.29 is 9.50 Å². The smallest absolute Gasteiger partial charge is 0.123 e. The molecule has 96 valence electrons. The predicted molar refractivity (Wildman–Crippen MR) is 68.3 cm³/mol. The summed E-state index contributed by atoms with van der Waals surface area (Å²) < 4.78 is 13.0. The molecule has 0 aliphatic rings. The molecule has 0 fully saturated rings. The molecule has 0 aliphatic heterocycles. The summed E-state index contributed by atoms with van der Waals surface area (Å²) in [6.07, 6.45) is 0.513. The first-order chi connectivity index (χ1) is 7.99. The van der Waals surface area contributed by atoms with E-state index in [1.54, 1.807) is 19.1 Å². The van der Waals surface area contributed by atoms with Crippen molar-refractivity contribution in [3.63, 3.8) is 0 Å². The Morgan fingerprint density at radius 3 is 2.59 bits per heavy atom. The zero-order valence-electron chi connectivity index (χ0n) is 10.8. The van der Waals surface area contributed by atoms with Gasteiger partial charge < -0.3 is 10.4 Å². The number of hydrogen-bond acceptors (Lipinski definition) is 2. The minimum absolute atomic E-state index is 0.127. The van der Waals surface area contributed by atoms with Crippen LogP contribution in [0.15, 0.2) is 24.3 Å². The molecule has 3 heteroatoms. The Hall–Kier alpha value is -0.930. The van der Waals surface area contributed by atoms with Gasteiger partial charge in [0, 0.05) is 6.04 Å². The highest BCUT2D eigenvalue weighted by Crippen LogP contribution is 2.14. The predicted octanol–water partition coefficient (Wildman–Crippen LogP) is 2.88. The molecule has 0 radical (unpaired) electrons. The highest BCUT2D eigenvalue weighted by atomic mass is 19.1. The summed E-state index contributed by atoms with van der Waals surface area (Å²) in [5.41, 5.74) is 0.953. The Morgan fingerprint density at radius 2 is 2.00 bits per heavy atom. The maximum absolute atomic E-state index is 13.0. The van der Waals surface area contributed by atoms with E-state index in [9.17, 15) is 9.50 Å². The van der Waals surface area contributed by atoms with Gasteiger partial charge in [-0.1, -0.05) is 19.1 Å². The lowest BCUT2D eigenvalue weighted by molar-refractivity contribution is 0.162. The van der Waals surface area contributed by atoms with Gasteiger partial charge in [-0.2, -0.15) is 0 Å². The van der Waals surface area contributed by atoms with E-state index in [2.05, 4.69) is 12.2 Å². The van der Waals surface area contributed by atoms with E-state index in [1.807, 2.05) is 13.0 Å². The molecule has 0 saturated carbocycles. The van der Waals surface area contributed by atoms with Crippen LogP contribution < -0.4 is 5.32 Å². The van der Waals surface area contributed by atoms with Crippen LogP contribution in [0.1, 0.15) is 38.8 Å². The van der Waals surface area contributed by atoms with Crippen molar-refractivity contribution in [2.24, 2.45) is 5.92 Å². The largest absolute Gasteiger partial charge is 0.393 e. The van der Waals surface area contributed by atoms with Gasteiger partial charge in [0.2, 0.25) is 0 Å². The van der Waals surface area contributed by atoms with Crippen LogP contribution in [-0.2, 0) is 0 Å². The van der Waals surface area contributed by atoms with Gasteiger partial charge in [0.15, 0.2) is 0 Å². The van der Waals surface area contributed by atoms with Crippen molar-refractivity contribution >= 4 is 0 Å². The molecule has 2 nitrogen and oxygen atoms in total. The van der Waals surface area contributed by atoms with Crippen LogP contribution >= 0.6 is 0 Å². The lowest BCUT2D eigenvalue weighted by Gasteiger charge is -2.19. The van der Waals surface area contributed by atoms with Gasteiger partial charge in [0.05, 0.1) is 6.10 Å². The molecule has 17 heavy (non-hydrogen) atoms. The van der Waals surface area contributed by atoms with Crippen molar-refractivity contribution in [2.45, 2.75) is 39.3 Å². The Kier molecular flexibility index (Phi) is 5.59. The summed E-state index contributed by atoms with van der Waals surface area (Å²) in [6, 6.07) is 6.77. The zero-order valence-corrected chi connectivity index (χ0v) is 10.8. The lowest BCUT2D eigenvalue weighted by Crippen LogP contribution is -2.26. The summed E-state index contributed by atoms with van der Waals surface area (Å²) >= 11 is 0. The third-order valence-electron chi connectivity index (χ3n) is 2.86. The molecule has 0 heterocycles. The van der Waals surface area contributed by atoms with E-state index < -0.39 is 0 Å². The van der Waals surface area contributed by atoms with Crippen LogP contribution in [0, 0.1) is 11.7 Å². The molecule has 2 N–H and O–H groups in total. The summed E-state index contributed by atoms with van der Waals surface area (Å²) in [7, 11) is 0. The van der Waals surface area contributed by atoms with Crippen LogP contribution in [0.5, 0.6) is 0 Å². The fraction of sp³-hybridized carbons (Fsp3) is 0.571. The fourth-order valence-electron chi connectivity index (χ4n) is 1.94. The lowest BCUT2D eigenvalue weighted by atomic mass is 10.0. The van der Waals surface area contributed by atoms with Crippen molar-refractivity contribution in [3.8, 4) is 0 Å². The SMILES string of the molecule is CC(O)CC(C)CNC(C)c1cccc(F)c1. The molecular weight excluding hydrogens is 217 g/mol. The number of benzene rings is 1.